The summed E-state index contributed by atoms with van der Waals surface area (Å²) < 4.78 is 18.4. The number of hydrogen-bond donors (Lipinski definition) is 0. The van der Waals surface area contributed by atoms with E-state index >= 15 is 0 Å². The summed E-state index contributed by atoms with van der Waals surface area (Å²) in [6.07, 6.45) is 3.95. The number of hydrogen-bond acceptors (Lipinski definition) is 1. The van der Waals surface area contributed by atoms with Crippen molar-refractivity contribution in [2.75, 3.05) is 0 Å². The Kier molecular flexibility index (Phi) is 1.47. The lowest BCUT2D eigenvalue weighted by atomic mass is 10.0. The van der Waals surface area contributed by atoms with E-state index < -0.39 is 0 Å². The molecule has 0 bridgehead atoms. The second-order valence-corrected chi connectivity index (χ2v) is 3.83. The highest BCUT2D eigenvalue weighted by atomic mass is 19.1. The average molecular weight is 178 g/mol. The van der Waals surface area contributed by atoms with Crippen molar-refractivity contribution in [3.63, 3.8) is 0 Å². The van der Waals surface area contributed by atoms with Gasteiger partial charge in [0.15, 0.2) is 0 Å². The summed E-state index contributed by atoms with van der Waals surface area (Å²) in [6, 6.07) is 5.06. The Morgan fingerprint density at radius 1 is 1.38 bits per heavy atom. The van der Waals surface area contributed by atoms with E-state index in [4.69, 9.17) is 4.74 Å². The average Bonchev–Trinajstić information content (AvgIpc) is 2.82. The van der Waals surface area contributed by atoms with Crippen LogP contribution in [0.4, 0.5) is 4.39 Å². The van der Waals surface area contributed by atoms with Gasteiger partial charge in [-0.1, -0.05) is 6.07 Å². The molecule has 0 aromatic heterocycles. The summed E-state index contributed by atoms with van der Waals surface area (Å²) >= 11 is 0. The highest BCUT2D eigenvalue weighted by molar-refractivity contribution is 5.34. The second kappa shape index (κ2) is 2.55. The van der Waals surface area contributed by atoms with Crippen molar-refractivity contribution >= 4 is 0 Å². The van der Waals surface area contributed by atoms with Gasteiger partial charge in [0.05, 0.1) is 6.10 Å². The number of aryl methyl sites for hydroxylation is 1. The third-order valence-corrected chi connectivity index (χ3v) is 2.93. The first-order valence-electron chi connectivity index (χ1n) is 4.78. The first-order valence-corrected chi connectivity index (χ1v) is 4.78. The smallest absolute Gasteiger partial charge is 0.123 e. The highest BCUT2D eigenvalue weighted by Gasteiger charge is 2.42. The third kappa shape index (κ3) is 1.17. The number of fused-ring (bicyclic) bond motifs is 3. The number of halogens is 1. The molecule has 1 nitrogen and oxygen atoms in total. The topological polar surface area (TPSA) is 12.5 Å². The normalized spacial score (nSPS) is 30.2. The van der Waals surface area contributed by atoms with Crippen molar-refractivity contribution in [3.8, 4) is 0 Å². The molecule has 0 amide bonds. The molecular weight excluding hydrogens is 167 g/mol. The van der Waals surface area contributed by atoms with Crippen molar-refractivity contribution in [1.29, 1.82) is 0 Å². The minimum atomic E-state index is -0.127. The van der Waals surface area contributed by atoms with Crippen LogP contribution < -0.4 is 0 Å². The van der Waals surface area contributed by atoms with Crippen LogP contribution in [0, 0.1) is 5.82 Å². The Bertz CT molecular complexity index is 348. The molecule has 0 spiro atoms. The predicted octanol–water partition coefficient (Wildman–Crippen LogP) is 2.60. The van der Waals surface area contributed by atoms with Gasteiger partial charge in [0, 0.05) is 0 Å². The van der Waals surface area contributed by atoms with Gasteiger partial charge >= 0.3 is 0 Å². The SMILES string of the molecule is Fc1ccc2c(c1)CCC[C@H]1O[C@H]21. The first kappa shape index (κ1) is 7.51. The van der Waals surface area contributed by atoms with Crippen molar-refractivity contribution < 1.29 is 9.13 Å². The maximum atomic E-state index is 12.9. The maximum absolute atomic E-state index is 12.9. The summed E-state index contributed by atoms with van der Waals surface area (Å²) in [5, 5.41) is 0. The Balaban J connectivity index is 2.08. The van der Waals surface area contributed by atoms with E-state index in [0.29, 0.717) is 6.10 Å². The Morgan fingerprint density at radius 3 is 3.23 bits per heavy atom. The molecule has 13 heavy (non-hydrogen) atoms. The Morgan fingerprint density at radius 2 is 2.31 bits per heavy atom. The van der Waals surface area contributed by atoms with Gasteiger partial charge in [-0.25, -0.2) is 4.39 Å². The molecule has 1 heterocycles. The molecule has 1 aromatic rings. The lowest BCUT2D eigenvalue weighted by Crippen LogP contribution is -1.92. The summed E-state index contributed by atoms with van der Waals surface area (Å²) in [5.74, 6) is -0.127. The molecule has 1 saturated heterocycles. The zero-order chi connectivity index (χ0) is 8.84. The molecule has 1 aromatic carbocycles. The molecule has 0 radical (unpaired) electrons. The fraction of sp³-hybridized carbons (Fsp3) is 0.455. The molecule has 3 rings (SSSR count). The van der Waals surface area contributed by atoms with Crippen molar-refractivity contribution in [1.82, 2.24) is 0 Å². The number of epoxide rings is 1. The van der Waals surface area contributed by atoms with Gasteiger partial charge in [0.25, 0.3) is 0 Å². The summed E-state index contributed by atoms with van der Waals surface area (Å²) in [7, 11) is 0. The Hall–Kier alpha value is -0.890. The van der Waals surface area contributed by atoms with E-state index in [1.165, 1.54) is 11.6 Å². The van der Waals surface area contributed by atoms with Gasteiger partial charge < -0.3 is 4.74 Å². The molecule has 0 saturated carbocycles. The molecule has 0 unspecified atom stereocenters. The molecule has 2 heteroatoms. The van der Waals surface area contributed by atoms with Crippen LogP contribution in [0.5, 0.6) is 0 Å². The van der Waals surface area contributed by atoms with Crippen LogP contribution in [-0.4, -0.2) is 6.10 Å². The van der Waals surface area contributed by atoms with Crippen molar-refractivity contribution in [3.05, 3.63) is 35.1 Å². The van der Waals surface area contributed by atoms with Crippen LogP contribution in [-0.2, 0) is 11.2 Å². The van der Waals surface area contributed by atoms with Crippen LogP contribution in [0.3, 0.4) is 0 Å². The summed E-state index contributed by atoms with van der Waals surface area (Å²) in [6.45, 7) is 0. The second-order valence-electron chi connectivity index (χ2n) is 3.83. The Labute approximate surface area is 76.5 Å². The van der Waals surface area contributed by atoms with Gasteiger partial charge in [-0.2, -0.15) is 0 Å². The monoisotopic (exact) mass is 178 g/mol. The quantitative estimate of drug-likeness (QED) is 0.556. The van der Waals surface area contributed by atoms with Crippen molar-refractivity contribution in [2.45, 2.75) is 31.5 Å². The lowest BCUT2D eigenvalue weighted by molar-refractivity contribution is 0.357. The predicted molar refractivity (Wildman–Crippen MR) is 47.0 cm³/mol. The molecule has 1 aliphatic carbocycles. The van der Waals surface area contributed by atoms with Crippen LogP contribution in [0.1, 0.15) is 30.1 Å². The zero-order valence-corrected chi connectivity index (χ0v) is 7.29. The lowest BCUT2D eigenvalue weighted by Gasteiger charge is -2.04. The summed E-state index contributed by atoms with van der Waals surface area (Å²) in [5.41, 5.74) is 2.36. The summed E-state index contributed by atoms with van der Waals surface area (Å²) in [4.78, 5) is 0. The third-order valence-electron chi connectivity index (χ3n) is 2.93. The van der Waals surface area contributed by atoms with Gasteiger partial charge in [-0.3, -0.25) is 0 Å². The van der Waals surface area contributed by atoms with Crippen LogP contribution in [0.2, 0.25) is 0 Å². The first-order chi connectivity index (χ1) is 6.34. The number of ether oxygens (including phenoxy) is 1. The molecular formula is C11H11FO. The molecule has 68 valence electrons. The minimum absolute atomic E-state index is 0.127. The largest absolute Gasteiger partial charge is 0.364 e. The van der Waals surface area contributed by atoms with Gasteiger partial charge in [-0.05, 0) is 42.5 Å². The van der Waals surface area contributed by atoms with E-state index in [2.05, 4.69) is 0 Å². The van der Waals surface area contributed by atoms with E-state index in [-0.39, 0.29) is 11.9 Å². The molecule has 0 N–H and O–H groups in total. The molecule has 1 fully saturated rings. The fourth-order valence-corrected chi connectivity index (χ4v) is 2.20. The van der Waals surface area contributed by atoms with Crippen LogP contribution in [0.25, 0.3) is 0 Å². The van der Waals surface area contributed by atoms with Crippen LogP contribution in [0.15, 0.2) is 18.2 Å². The van der Waals surface area contributed by atoms with E-state index in [0.717, 1.165) is 24.8 Å². The molecule has 2 atom stereocenters. The van der Waals surface area contributed by atoms with Crippen molar-refractivity contribution in [2.24, 2.45) is 0 Å². The van der Waals surface area contributed by atoms with E-state index in [1.54, 1.807) is 6.07 Å². The number of benzene rings is 1. The molecule has 2 aliphatic rings. The van der Waals surface area contributed by atoms with Crippen LogP contribution >= 0.6 is 0 Å². The van der Waals surface area contributed by atoms with Gasteiger partial charge in [0.2, 0.25) is 0 Å². The number of rotatable bonds is 0. The van der Waals surface area contributed by atoms with E-state index in [9.17, 15) is 4.39 Å². The fourth-order valence-electron chi connectivity index (χ4n) is 2.20. The van der Waals surface area contributed by atoms with Gasteiger partial charge in [0.1, 0.15) is 11.9 Å². The standard InChI is InChI=1S/C11H11FO/c12-8-4-5-9-7(6-8)2-1-3-10-11(9)13-10/h4-6,10-11H,1-3H2/t10-,11-/m1/s1. The van der Waals surface area contributed by atoms with E-state index in [1.807, 2.05) is 6.07 Å². The molecule has 1 aliphatic heterocycles. The highest BCUT2D eigenvalue weighted by Crippen LogP contribution is 2.45. The van der Waals surface area contributed by atoms with Gasteiger partial charge in [-0.15, -0.1) is 0 Å². The maximum Gasteiger partial charge on any atom is 0.123 e. The minimum Gasteiger partial charge on any atom is -0.364 e. The zero-order valence-electron chi connectivity index (χ0n) is 7.29.